The molecular weight excluding hydrogens is 295 g/mol. The second-order valence-electron chi connectivity index (χ2n) is 6.02. The highest BCUT2D eigenvalue weighted by atomic mass is 19.1. The van der Waals surface area contributed by atoms with Gasteiger partial charge in [0.2, 0.25) is 0 Å². The van der Waals surface area contributed by atoms with E-state index in [4.69, 9.17) is 0 Å². The lowest BCUT2D eigenvalue weighted by Crippen LogP contribution is -2.29. The van der Waals surface area contributed by atoms with Gasteiger partial charge < -0.3 is 10.6 Å². The lowest BCUT2D eigenvalue weighted by Gasteiger charge is -2.22. The Bertz CT molecular complexity index is 674. The van der Waals surface area contributed by atoms with Crippen molar-refractivity contribution in [2.75, 3.05) is 18.4 Å². The minimum absolute atomic E-state index is 0.200. The Labute approximate surface area is 134 Å². The smallest absolute Gasteiger partial charge is 0.259 e. The molecule has 122 valence electrons. The van der Waals surface area contributed by atoms with Crippen molar-refractivity contribution in [1.82, 2.24) is 15.1 Å². The number of piperidine rings is 1. The molecule has 1 fully saturated rings. The van der Waals surface area contributed by atoms with E-state index in [9.17, 15) is 9.18 Å². The number of hydrogen-bond donors (Lipinski definition) is 2. The molecule has 3 rings (SSSR count). The van der Waals surface area contributed by atoms with Crippen LogP contribution in [0.15, 0.2) is 30.5 Å². The Hall–Kier alpha value is -2.21. The maximum Gasteiger partial charge on any atom is 0.259 e. The molecule has 1 aromatic heterocycles. The summed E-state index contributed by atoms with van der Waals surface area (Å²) < 4.78 is 14.6. The van der Waals surface area contributed by atoms with Crippen molar-refractivity contribution >= 4 is 11.6 Å². The van der Waals surface area contributed by atoms with Crippen LogP contribution in [0.4, 0.5) is 10.1 Å². The van der Waals surface area contributed by atoms with Gasteiger partial charge in [-0.15, -0.1) is 0 Å². The fourth-order valence-corrected chi connectivity index (χ4v) is 2.97. The first kappa shape index (κ1) is 15.7. The van der Waals surface area contributed by atoms with Crippen LogP contribution in [0.5, 0.6) is 0 Å². The summed E-state index contributed by atoms with van der Waals surface area (Å²) in [5.41, 5.74) is 2.00. The van der Waals surface area contributed by atoms with Gasteiger partial charge in [0.05, 0.1) is 11.3 Å². The molecule has 1 aliphatic rings. The average molecular weight is 316 g/mol. The second-order valence-corrected chi connectivity index (χ2v) is 6.02. The minimum atomic E-state index is -0.323. The van der Waals surface area contributed by atoms with E-state index in [-0.39, 0.29) is 11.7 Å². The normalized spacial score (nSPS) is 15.6. The molecule has 0 unspecified atom stereocenters. The molecule has 0 aliphatic carbocycles. The molecule has 1 aliphatic heterocycles. The molecule has 1 aromatic carbocycles. The van der Waals surface area contributed by atoms with Gasteiger partial charge in [0.1, 0.15) is 5.82 Å². The van der Waals surface area contributed by atoms with Crippen LogP contribution in [0.3, 0.4) is 0 Å². The van der Waals surface area contributed by atoms with Crippen molar-refractivity contribution in [2.24, 2.45) is 13.0 Å². The minimum Gasteiger partial charge on any atom is -0.322 e. The summed E-state index contributed by atoms with van der Waals surface area (Å²) in [6.07, 6.45) is 4.77. The number of carbonyl (C=O) groups is 1. The third-order valence-electron chi connectivity index (χ3n) is 4.19. The number of nitrogens with one attached hydrogen (secondary N) is 2. The van der Waals surface area contributed by atoms with Crippen LogP contribution in [0.2, 0.25) is 0 Å². The van der Waals surface area contributed by atoms with E-state index < -0.39 is 0 Å². The van der Waals surface area contributed by atoms with Crippen molar-refractivity contribution in [1.29, 1.82) is 0 Å². The Morgan fingerprint density at radius 3 is 2.74 bits per heavy atom. The zero-order valence-corrected chi connectivity index (χ0v) is 13.2. The van der Waals surface area contributed by atoms with Gasteiger partial charge >= 0.3 is 0 Å². The Morgan fingerprint density at radius 1 is 1.35 bits per heavy atom. The standard InChI is InChI=1S/C17H21FN4O/c1-22-11-15(16(21-22)10-12-6-8-19-9-7-12)17(23)20-14-4-2-13(18)3-5-14/h2-5,11-12,19H,6-10H2,1H3,(H,20,23). The lowest BCUT2D eigenvalue weighted by molar-refractivity contribution is 0.102. The summed E-state index contributed by atoms with van der Waals surface area (Å²) >= 11 is 0. The van der Waals surface area contributed by atoms with Gasteiger partial charge in [0.15, 0.2) is 0 Å². The summed E-state index contributed by atoms with van der Waals surface area (Å²) in [6, 6.07) is 5.76. The van der Waals surface area contributed by atoms with Crippen molar-refractivity contribution in [3.8, 4) is 0 Å². The number of nitrogens with zero attached hydrogens (tertiary/aromatic N) is 2. The summed E-state index contributed by atoms with van der Waals surface area (Å²) in [5, 5.41) is 10.6. The van der Waals surface area contributed by atoms with E-state index in [1.165, 1.54) is 12.1 Å². The van der Waals surface area contributed by atoms with Gasteiger partial charge in [0.25, 0.3) is 5.91 Å². The van der Waals surface area contributed by atoms with Crippen molar-refractivity contribution in [3.05, 3.63) is 47.5 Å². The summed E-state index contributed by atoms with van der Waals surface area (Å²) in [4.78, 5) is 12.5. The first-order chi connectivity index (χ1) is 11.1. The van der Waals surface area contributed by atoms with Crippen molar-refractivity contribution in [3.63, 3.8) is 0 Å². The van der Waals surface area contributed by atoms with E-state index in [0.717, 1.165) is 38.0 Å². The molecule has 6 heteroatoms. The summed E-state index contributed by atoms with van der Waals surface area (Å²) in [5.74, 6) is 0.0353. The number of aryl methyl sites for hydroxylation is 1. The molecule has 2 N–H and O–H groups in total. The lowest BCUT2D eigenvalue weighted by atomic mass is 9.92. The molecule has 0 spiro atoms. The predicted molar refractivity (Wildman–Crippen MR) is 86.9 cm³/mol. The SMILES string of the molecule is Cn1cc(C(=O)Nc2ccc(F)cc2)c(CC2CCNCC2)n1. The average Bonchev–Trinajstić information content (AvgIpc) is 2.91. The molecule has 5 nitrogen and oxygen atoms in total. The molecule has 1 saturated heterocycles. The first-order valence-corrected chi connectivity index (χ1v) is 7.92. The number of hydrogen-bond acceptors (Lipinski definition) is 3. The van der Waals surface area contributed by atoms with E-state index in [2.05, 4.69) is 15.7 Å². The van der Waals surface area contributed by atoms with Crippen LogP contribution >= 0.6 is 0 Å². The number of aromatic nitrogens is 2. The summed E-state index contributed by atoms with van der Waals surface area (Å²) in [7, 11) is 1.82. The molecule has 0 radical (unpaired) electrons. The third-order valence-corrected chi connectivity index (χ3v) is 4.19. The summed E-state index contributed by atoms with van der Waals surface area (Å²) in [6.45, 7) is 2.04. The molecular formula is C17H21FN4O. The largest absolute Gasteiger partial charge is 0.322 e. The molecule has 23 heavy (non-hydrogen) atoms. The fourth-order valence-electron chi connectivity index (χ4n) is 2.97. The Kier molecular flexibility index (Phi) is 4.71. The van der Waals surface area contributed by atoms with Gasteiger partial charge in [-0.2, -0.15) is 5.10 Å². The van der Waals surface area contributed by atoms with Crippen molar-refractivity contribution < 1.29 is 9.18 Å². The number of rotatable bonds is 4. The molecule has 0 atom stereocenters. The monoisotopic (exact) mass is 316 g/mol. The second kappa shape index (κ2) is 6.91. The fraction of sp³-hybridized carbons (Fsp3) is 0.412. The third kappa shape index (κ3) is 3.96. The van der Waals surface area contributed by atoms with Crippen LogP contribution in [-0.4, -0.2) is 28.8 Å². The Balaban J connectivity index is 1.73. The van der Waals surface area contributed by atoms with Gasteiger partial charge in [-0.05, 0) is 62.5 Å². The maximum absolute atomic E-state index is 12.9. The number of benzene rings is 1. The van der Waals surface area contributed by atoms with E-state index in [0.29, 0.717) is 17.2 Å². The predicted octanol–water partition coefficient (Wildman–Crippen LogP) is 2.35. The Morgan fingerprint density at radius 2 is 2.04 bits per heavy atom. The highest BCUT2D eigenvalue weighted by molar-refractivity contribution is 6.04. The van der Waals surface area contributed by atoms with Gasteiger partial charge in [0, 0.05) is 18.9 Å². The van der Waals surface area contributed by atoms with Crippen LogP contribution in [0.1, 0.15) is 28.9 Å². The molecule has 0 saturated carbocycles. The topological polar surface area (TPSA) is 59.0 Å². The first-order valence-electron chi connectivity index (χ1n) is 7.92. The highest BCUT2D eigenvalue weighted by Crippen LogP contribution is 2.20. The van der Waals surface area contributed by atoms with E-state index in [1.54, 1.807) is 23.0 Å². The number of anilines is 1. The number of halogens is 1. The molecule has 2 heterocycles. The highest BCUT2D eigenvalue weighted by Gasteiger charge is 2.21. The van der Waals surface area contributed by atoms with Crippen LogP contribution in [0.25, 0.3) is 0 Å². The van der Waals surface area contributed by atoms with Gasteiger partial charge in [-0.3, -0.25) is 9.48 Å². The van der Waals surface area contributed by atoms with Gasteiger partial charge in [-0.25, -0.2) is 4.39 Å². The molecule has 2 aromatic rings. The van der Waals surface area contributed by atoms with Crippen LogP contribution in [0, 0.1) is 11.7 Å². The van der Waals surface area contributed by atoms with Crippen molar-refractivity contribution in [2.45, 2.75) is 19.3 Å². The molecule has 1 amide bonds. The van der Waals surface area contributed by atoms with Crippen LogP contribution < -0.4 is 10.6 Å². The van der Waals surface area contributed by atoms with E-state index >= 15 is 0 Å². The zero-order valence-electron chi connectivity index (χ0n) is 13.2. The quantitative estimate of drug-likeness (QED) is 0.910. The van der Waals surface area contributed by atoms with Gasteiger partial charge in [-0.1, -0.05) is 0 Å². The number of amides is 1. The molecule has 0 bridgehead atoms. The number of carbonyl (C=O) groups excluding carboxylic acids is 1. The zero-order chi connectivity index (χ0) is 16.2. The van der Waals surface area contributed by atoms with Crippen LogP contribution in [-0.2, 0) is 13.5 Å². The van der Waals surface area contributed by atoms with E-state index in [1.807, 2.05) is 7.05 Å². The maximum atomic E-state index is 12.9.